The Balaban J connectivity index is 2.75. The van der Waals surface area contributed by atoms with Crippen LogP contribution in [0.5, 0.6) is 0 Å². The number of ether oxygens (including phenoxy) is 1. The Morgan fingerprint density at radius 2 is 2.22 bits per heavy atom. The number of aliphatic carboxylic acids is 1. The summed E-state index contributed by atoms with van der Waals surface area (Å²) in [5.41, 5.74) is -0.0821. The minimum absolute atomic E-state index is 0.0821. The largest absolute Gasteiger partial charge is 0.480 e. The number of methoxy groups -OCH3 is 1. The number of halogens is 2. The summed E-state index contributed by atoms with van der Waals surface area (Å²) in [5, 5.41) is 11.7. The van der Waals surface area contributed by atoms with Gasteiger partial charge >= 0.3 is 5.97 Å². The van der Waals surface area contributed by atoms with E-state index in [1.807, 2.05) is 0 Å². The molecule has 18 heavy (non-hydrogen) atoms. The van der Waals surface area contributed by atoms with Crippen LogP contribution in [-0.4, -0.2) is 31.3 Å². The van der Waals surface area contributed by atoms with Crippen molar-refractivity contribution >= 4 is 5.97 Å². The lowest BCUT2D eigenvalue weighted by Gasteiger charge is -2.15. The van der Waals surface area contributed by atoms with Crippen LogP contribution in [0.2, 0.25) is 0 Å². The zero-order chi connectivity index (χ0) is 13.5. The van der Waals surface area contributed by atoms with Crippen molar-refractivity contribution in [1.82, 2.24) is 5.32 Å². The molecule has 1 aromatic carbocycles. The number of nitrogens with one attached hydrogen (secondary N) is 1. The van der Waals surface area contributed by atoms with Gasteiger partial charge in [-0.25, -0.2) is 8.78 Å². The number of carbonyl (C=O) groups is 1. The van der Waals surface area contributed by atoms with E-state index < -0.39 is 23.6 Å². The van der Waals surface area contributed by atoms with E-state index in [2.05, 4.69) is 5.32 Å². The lowest BCUT2D eigenvalue weighted by Crippen LogP contribution is -2.30. The number of hydrogen-bond acceptors (Lipinski definition) is 3. The highest BCUT2D eigenvalue weighted by molar-refractivity contribution is 5.75. The molecule has 1 aromatic rings. The molecular formula is C12H15F2NO3. The van der Waals surface area contributed by atoms with Crippen LogP contribution in [0.15, 0.2) is 18.2 Å². The van der Waals surface area contributed by atoms with E-state index in [9.17, 15) is 13.6 Å². The van der Waals surface area contributed by atoms with Crippen LogP contribution in [0.4, 0.5) is 8.78 Å². The molecule has 2 N–H and O–H groups in total. The third-order valence-corrected chi connectivity index (χ3v) is 2.39. The van der Waals surface area contributed by atoms with Gasteiger partial charge in [0, 0.05) is 25.3 Å². The van der Waals surface area contributed by atoms with Crippen LogP contribution in [0.25, 0.3) is 0 Å². The number of carboxylic acids is 1. The summed E-state index contributed by atoms with van der Waals surface area (Å²) in [6.45, 7) is 0.840. The average Bonchev–Trinajstić information content (AvgIpc) is 2.30. The topological polar surface area (TPSA) is 58.6 Å². The molecule has 0 saturated carbocycles. The SMILES string of the molecule is COCCCNC(C(=O)O)c1ccc(F)cc1F. The van der Waals surface area contributed by atoms with Crippen LogP contribution in [0.1, 0.15) is 18.0 Å². The van der Waals surface area contributed by atoms with Crippen molar-refractivity contribution in [2.45, 2.75) is 12.5 Å². The number of hydrogen-bond donors (Lipinski definition) is 2. The van der Waals surface area contributed by atoms with Crippen LogP contribution in [0, 0.1) is 11.6 Å². The third kappa shape index (κ3) is 4.05. The first-order valence-electron chi connectivity index (χ1n) is 5.46. The molecule has 0 aliphatic heterocycles. The number of benzene rings is 1. The van der Waals surface area contributed by atoms with Gasteiger partial charge in [-0.15, -0.1) is 0 Å². The van der Waals surface area contributed by atoms with Crippen LogP contribution >= 0.6 is 0 Å². The fourth-order valence-corrected chi connectivity index (χ4v) is 1.53. The van der Waals surface area contributed by atoms with E-state index in [0.29, 0.717) is 25.6 Å². The average molecular weight is 259 g/mol. The second kappa shape index (κ2) is 7.03. The van der Waals surface area contributed by atoms with Crippen LogP contribution < -0.4 is 5.32 Å². The van der Waals surface area contributed by atoms with Crippen molar-refractivity contribution in [3.8, 4) is 0 Å². The second-order valence-corrected chi connectivity index (χ2v) is 3.74. The number of rotatable bonds is 7. The fraction of sp³-hybridized carbons (Fsp3) is 0.417. The molecular weight excluding hydrogens is 244 g/mol. The Kier molecular flexibility index (Phi) is 5.67. The molecule has 0 fully saturated rings. The van der Waals surface area contributed by atoms with Crippen molar-refractivity contribution in [2.24, 2.45) is 0 Å². The van der Waals surface area contributed by atoms with E-state index in [-0.39, 0.29) is 5.56 Å². The molecule has 1 rings (SSSR count). The summed E-state index contributed by atoms with van der Waals surface area (Å²) < 4.78 is 31.0. The van der Waals surface area contributed by atoms with E-state index in [0.717, 1.165) is 12.1 Å². The molecule has 0 aliphatic carbocycles. The van der Waals surface area contributed by atoms with Gasteiger partial charge in [0.2, 0.25) is 0 Å². The molecule has 0 aliphatic rings. The first kappa shape index (κ1) is 14.5. The van der Waals surface area contributed by atoms with E-state index in [1.165, 1.54) is 7.11 Å². The van der Waals surface area contributed by atoms with Gasteiger partial charge in [-0.2, -0.15) is 0 Å². The quantitative estimate of drug-likeness (QED) is 0.732. The molecule has 0 heterocycles. The molecule has 0 aromatic heterocycles. The van der Waals surface area contributed by atoms with Gasteiger partial charge in [-0.1, -0.05) is 6.07 Å². The Morgan fingerprint density at radius 1 is 1.50 bits per heavy atom. The van der Waals surface area contributed by atoms with Gasteiger partial charge in [-0.05, 0) is 19.0 Å². The molecule has 4 nitrogen and oxygen atoms in total. The second-order valence-electron chi connectivity index (χ2n) is 3.74. The van der Waals surface area contributed by atoms with Gasteiger partial charge in [0.15, 0.2) is 0 Å². The molecule has 0 amide bonds. The standard InChI is InChI=1S/C12H15F2NO3/c1-18-6-2-5-15-11(12(16)17)9-4-3-8(13)7-10(9)14/h3-4,7,11,15H,2,5-6H2,1H3,(H,16,17). The zero-order valence-electron chi connectivity index (χ0n) is 9.95. The maximum absolute atomic E-state index is 13.5. The third-order valence-electron chi connectivity index (χ3n) is 2.39. The highest BCUT2D eigenvalue weighted by Gasteiger charge is 2.22. The lowest BCUT2D eigenvalue weighted by atomic mass is 10.1. The summed E-state index contributed by atoms with van der Waals surface area (Å²) in [5.74, 6) is -2.82. The highest BCUT2D eigenvalue weighted by atomic mass is 19.1. The van der Waals surface area contributed by atoms with Gasteiger partial charge in [0.05, 0.1) is 0 Å². The van der Waals surface area contributed by atoms with Gasteiger partial charge in [-0.3, -0.25) is 4.79 Å². The first-order valence-corrected chi connectivity index (χ1v) is 5.46. The zero-order valence-corrected chi connectivity index (χ0v) is 9.95. The monoisotopic (exact) mass is 259 g/mol. The maximum atomic E-state index is 13.5. The van der Waals surface area contributed by atoms with Crippen molar-refractivity contribution in [3.63, 3.8) is 0 Å². The molecule has 100 valence electrons. The predicted octanol–water partition coefficient (Wildman–Crippen LogP) is 1.72. The van der Waals surface area contributed by atoms with E-state index >= 15 is 0 Å². The number of carboxylic acid groups (broad SMARTS) is 1. The molecule has 0 bridgehead atoms. The molecule has 0 spiro atoms. The Labute approximate surface area is 104 Å². The smallest absolute Gasteiger partial charge is 0.325 e. The van der Waals surface area contributed by atoms with Crippen molar-refractivity contribution in [2.75, 3.05) is 20.3 Å². The van der Waals surface area contributed by atoms with Crippen LogP contribution in [0.3, 0.4) is 0 Å². The van der Waals surface area contributed by atoms with E-state index in [4.69, 9.17) is 9.84 Å². The molecule has 6 heteroatoms. The Hall–Kier alpha value is -1.53. The van der Waals surface area contributed by atoms with Crippen LogP contribution in [-0.2, 0) is 9.53 Å². The summed E-state index contributed by atoms with van der Waals surface area (Å²) in [6, 6.07) is 1.64. The van der Waals surface area contributed by atoms with Gasteiger partial charge in [0.1, 0.15) is 17.7 Å². The molecule has 1 atom stereocenters. The molecule has 0 radical (unpaired) electrons. The van der Waals surface area contributed by atoms with Gasteiger partial charge < -0.3 is 15.2 Å². The summed E-state index contributed by atoms with van der Waals surface area (Å²) in [4.78, 5) is 11.0. The minimum Gasteiger partial charge on any atom is -0.480 e. The van der Waals surface area contributed by atoms with Crippen molar-refractivity contribution in [3.05, 3.63) is 35.4 Å². The normalized spacial score (nSPS) is 12.4. The summed E-state index contributed by atoms with van der Waals surface area (Å²) in [7, 11) is 1.54. The fourth-order valence-electron chi connectivity index (χ4n) is 1.53. The lowest BCUT2D eigenvalue weighted by molar-refractivity contribution is -0.139. The first-order chi connectivity index (χ1) is 8.56. The van der Waals surface area contributed by atoms with E-state index in [1.54, 1.807) is 0 Å². The Bertz CT molecular complexity index is 412. The van der Waals surface area contributed by atoms with Crippen molar-refractivity contribution < 1.29 is 23.4 Å². The highest BCUT2D eigenvalue weighted by Crippen LogP contribution is 2.18. The molecule has 1 unspecified atom stereocenters. The summed E-state index contributed by atoms with van der Waals surface area (Å²) >= 11 is 0. The predicted molar refractivity (Wildman–Crippen MR) is 61.2 cm³/mol. The van der Waals surface area contributed by atoms with Gasteiger partial charge in [0.25, 0.3) is 0 Å². The molecule has 0 saturated heterocycles. The van der Waals surface area contributed by atoms with Crippen molar-refractivity contribution in [1.29, 1.82) is 0 Å². The minimum atomic E-state index is -1.21. The maximum Gasteiger partial charge on any atom is 0.325 e. The Morgan fingerprint density at radius 3 is 2.78 bits per heavy atom. The summed E-state index contributed by atoms with van der Waals surface area (Å²) in [6.07, 6.45) is 0.600.